The van der Waals surface area contributed by atoms with Crippen molar-refractivity contribution in [3.05, 3.63) is 48.0 Å². The molecule has 2 aromatic carbocycles. The Morgan fingerprint density at radius 3 is 2.60 bits per heavy atom. The number of fused-ring (bicyclic) bond motifs is 1. The lowest BCUT2D eigenvalue weighted by atomic mass is 10.1. The molecule has 0 aliphatic carbocycles. The molecule has 25 heavy (non-hydrogen) atoms. The van der Waals surface area contributed by atoms with Gasteiger partial charge in [-0.2, -0.15) is 0 Å². The molecule has 134 valence electrons. The Hall–Kier alpha value is -1.91. The molecule has 0 radical (unpaired) electrons. The van der Waals surface area contributed by atoms with E-state index in [2.05, 4.69) is 11.0 Å². The highest BCUT2D eigenvalue weighted by atomic mass is 16.7. The monoisotopic (exact) mass is 340 g/mol. The Morgan fingerprint density at radius 2 is 1.84 bits per heavy atom. The van der Waals surface area contributed by atoms with Crippen LogP contribution < -0.4 is 0 Å². The van der Waals surface area contributed by atoms with Crippen LogP contribution in [0.2, 0.25) is 0 Å². The van der Waals surface area contributed by atoms with E-state index in [0.29, 0.717) is 18.7 Å². The van der Waals surface area contributed by atoms with Gasteiger partial charge in [0.2, 0.25) is 0 Å². The number of amides is 1. The second-order valence-corrected chi connectivity index (χ2v) is 6.65. The number of carbonyl (C=O) groups is 1. The lowest BCUT2D eigenvalue weighted by Gasteiger charge is -2.27. The molecule has 0 saturated carbocycles. The highest BCUT2D eigenvalue weighted by molar-refractivity contribution is 5.98. The van der Waals surface area contributed by atoms with Crippen LogP contribution in [0.5, 0.6) is 0 Å². The third-order valence-corrected chi connectivity index (χ3v) is 4.82. The number of benzene rings is 2. The van der Waals surface area contributed by atoms with Crippen LogP contribution in [0.15, 0.2) is 42.5 Å². The van der Waals surface area contributed by atoms with Gasteiger partial charge in [0.25, 0.3) is 5.91 Å². The van der Waals surface area contributed by atoms with E-state index in [9.17, 15) is 4.79 Å². The third kappa shape index (κ3) is 4.80. The normalized spacial score (nSPS) is 15.4. The molecule has 2 aromatic rings. The summed E-state index contributed by atoms with van der Waals surface area (Å²) in [5, 5.41) is 3.71. The summed E-state index contributed by atoms with van der Waals surface area (Å²) in [6.07, 6.45) is 4.93. The summed E-state index contributed by atoms with van der Waals surface area (Å²) in [6.45, 7) is 6.55. The van der Waals surface area contributed by atoms with Crippen molar-refractivity contribution in [1.29, 1.82) is 0 Å². The zero-order valence-electron chi connectivity index (χ0n) is 15.1. The topological polar surface area (TPSA) is 32.8 Å². The average Bonchev–Trinajstić information content (AvgIpc) is 2.68. The number of piperidine rings is 1. The molecule has 0 aromatic heterocycles. The van der Waals surface area contributed by atoms with Gasteiger partial charge in [-0.05, 0) is 62.2 Å². The first-order valence-corrected chi connectivity index (χ1v) is 9.44. The molecule has 0 atom stereocenters. The Bertz CT molecular complexity index is 695. The van der Waals surface area contributed by atoms with Crippen molar-refractivity contribution in [2.75, 3.05) is 32.8 Å². The summed E-state index contributed by atoms with van der Waals surface area (Å²) in [4.78, 5) is 21.0. The van der Waals surface area contributed by atoms with Crippen molar-refractivity contribution >= 4 is 16.7 Å². The number of hydroxylamine groups is 2. The quantitative estimate of drug-likeness (QED) is 0.562. The highest BCUT2D eigenvalue weighted by Crippen LogP contribution is 2.17. The molecule has 1 saturated heterocycles. The minimum Gasteiger partial charge on any atom is -0.303 e. The second kappa shape index (κ2) is 8.97. The lowest BCUT2D eigenvalue weighted by Crippen LogP contribution is -2.34. The number of hydrogen-bond acceptors (Lipinski definition) is 3. The lowest BCUT2D eigenvalue weighted by molar-refractivity contribution is -0.122. The predicted molar refractivity (Wildman–Crippen MR) is 102 cm³/mol. The third-order valence-electron chi connectivity index (χ3n) is 4.82. The molecule has 1 heterocycles. The Labute approximate surface area is 150 Å². The average molecular weight is 340 g/mol. The molecule has 0 unspecified atom stereocenters. The zero-order chi connectivity index (χ0) is 17.5. The van der Waals surface area contributed by atoms with Gasteiger partial charge in [0, 0.05) is 18.7 Å². The van der Waals surface area contributed by atoms with E-state index in [0.717, 1.165) is 23.7 Å². The molecule has 1 amide bonds. The van der Waals surface area contributed by atoms with E-state index in [1.807, 2.05) is 43.3 Å². The van der Waals surface area contributed by atoms with Crippen molar-refractivity contribution in [1.82, 2.24) is 9.96 Å². The van der Waals surface area contributed by atoms with Gasteiger partial charge in [-0.25, -0.2) is 5.06 Å². The summed E-state index contributed by atoms with van der Waals surface area (Å²) in [5.41, 5.74) is 0.677. The fourth-order valence-electron chi connectivity index (χ4n) is 3.41. The van der Waals surface area contributed by atoms with Gasteiger partial charge < -0.3 is 4.90 Å². The minimum absolute atomic E-state index is 0.0637. The van der Waals surface area contributed by atoms with E-state index in [1.165, 1.54) is 37.4 Å². The van der Waals surface area contributed by atoms with Gasteiger partial charge in [-0.3, -0.25) is 9.63 Å². The van der Waals surface area contributed by atoms with Crippen molar-refractivity contribution in [2.24, 2.45) is 0 Å². The van der Waals surface area contributed by atoms with Crippen LogP contribution in [0.1, 0.15) is 43.0 Å². The van der Waals surface area contributed by atoms with E-state index in [4.69, 9.17) is 4.84 Å². The summed E-state index contributed by atoms with van der Waals surface area (Å²) in [5.74, 6) is -0.0637. The SMILES string of the molecule is CCN(OCCCN1CCCCC1)C(=O)c1ccc2ccccc2c1. The summed E-state index contributed by atoms with van der Waals surface area (Å²) in [6, 6.07) is 13.9. The summed E-state index contributed by atoms with van der Waals surface area (Å²) >= 11 is 0. The van der Waals surface area contributed by atoms with E-state index in [-0.39, 0.29) is 5.91 Å². The van der Waals surface area contributed by atoms with Crippen LogP contribution in [0.4, 0.5) is 0 Å². The van der Waals surface area contributed by atoms with Crippen molar-refractivity contribution in [2.45, 2.75) is 32.6 Å². The Kier molecular flexibility index (Phi) is 6.42. The van der Waals surface area contributed by atoms with Crippen LogP contribution >= 0.6 is 0 Å². The van der Waals surface area contributed by atoms with Gasteiger partial charge in [0.05, 0.1) is 6.61 Å². The van der Waals surface area contributed by atoms with Crippen molar-refractivity contribution in [3.8, 4) is 0 Å². The van der Waals surface area contributed by atoms with Crippen LogP contribution in [0.25, 0.3) is 10.8 Å². The van der Waals surface area contributed by atoms with Gasteiger partial charge in [-0.1, -0.05) is 36.8 Å². The molecular formula is C21H28N2O2. The first-order valence-electron chi connectivity index (χ1n) is 9.44. The maximum Gasteiger partial charge on any atom is 0.277 e. The van der Waals surface area contributed by atoms with Crippen LogP contribution in [-0.4, -0.2) is 48.7 Å². The molecule has 3 rings (SSSR count). The second-order valence-electron chi connectivity index (χ2n) is 6.65. The summed E-state index contributed by atoms with van der Waals surface area (Å²) in [7, 11) is 0. The Morgan fingerprint density at radius 1 is 1.08 bits per heavy atom. The smallest absolute Gasteiger partial charge is 0.277 e. The van der Waals surface area contributed by atoms with E-state index < -0.39 is 0 Å². The maximum atomic E-state index is 12.7. The van der Waals surface area contributed by atoms with Gasteiger partial charge >= 0.3 is 0 Å². The first kappa shape index (κ1) is 17.9. The largest absolute Gasteiger partial charge is 0.303 e. The van der Waals surface area contributed by atoms with Crippen LogP contribution in [0.3, 0.4) is 0 Å². The molecule has 1 aliphatic heterocycles. The number of carbonyl (C=O) groups excluding carboxylic acids is 1. The van der Waals surface area contributed by atoms with E-state index >= 15 is 0 Å². The van der Waals surface area contributed by atoms with Crippen molar-refractivity contribution in [3.63, 3.8) is 0 Å². The van der Waals surface area contributed by atoms with Crippen LogP contribution in [-0.2, 0) is 4.84 Å². The van der Waals surface area contributed by atoms with Gasteiger partial charge in [-0.15, -0.1) is 0 Å². The van der Waals surface area contributed by atoms with Crippen LogP contribution in [0, 0.1) is 0 Å². The number of nitrogens with zero attached hydrogens (tertiary/aromatic N) is 2. The zero-order valence-corrected chi connectivity index (χ0v) is 15.1. The minimum atomic E-state index is -0.0637. The maximum absolute atomic E-state index is 12.7. The molecule has 1 fully saturated rings. The highest BCUT2D eigenvalue weighted by Gasteiger charge is 2.16. The van der Waals surface area contributed by atoms with E-state index in [1.54, 1.807) is 0 Å². The Balaban J connectivity index is 1.52. The molecule has 4 heteroatoms. The molecule has 1 aliphatic rings. The molecular weight excluding hydrogens is 312 g/mol. The number of rotatable bonds is 7. The fraction of sp³-hybridized carbons (Fsp3) is 0.476. The number of likely N-dealkylation sites (tertiary alicyclic amines) is 1. The molecule has 0 spiro atoms. The van der Waals surface area contributed by atoms with Gasteiger partial charge in [0.15, 0.2) is 0 Å². The van der Waals surface area contributed by atoms with Gasteiger partial charge in [0.1, 0.15) is 0 Å². The molecule has 4 nitrogen and oxygen atoms in total. The standard InChI is InChI=1S/C21H28N2O2/c1-2-23(25-16-8-15-22-13-6-3-7-14-22)21(24)20-12-11-18-9-4-5-10-19(18)17-20/h4-5,9-12,17H,2-3,6-8,13-16H2,1H3. The fourth-order valence-corrected chi connectivity index (χ4v) is 3.41. The number of hydrogen-bond donors (Lipinski definition) is 0. The van der Waals surface area contributed by atoms with Crippen molar-refractivity contribution < 1.29 is 9.63 Å². The summed E-state index contributed by atoms with van der Waals surface area (Å²) < 4.78 is 0. The molecule has 0 N–H and O–H groups in total. The molecule has 0 bridgehead atoms. The first-order chi connectivity index (χ1) is 12.3. The predicted octanol–water partition coefficient (Wildman–Crippen LogP) is 4.11.